The van der Waals surface area contributed by atoms with Gasteiger partial charge in [0, 0.05) is 25.0 Å². The average Bonchev–Trinajstić information content (AvgIpc) is 3.02. The van der Waals surface area contributed by atoms with E-state index in [2.05, 4.69) is 41.2 Å². The molecule has 1 aromatic carbocycles. The zero-order chi connectivity index (χ0) is 13.5. The SMILES string of the molecule is NC(c1ccn(Cc2ccc3c(c2)CCC3)c1)C1CC1. The number of hydrogen-bond acceptors (Lipinski definition) is 1. The Balaban J connectivity index is 1.51. The molecule has 0 amide bonds. The van der Waals surface area contributed by atoms with E-state index in [4.69, 9.17) is 5.73 Å². The second-order valence-electron chi connectivity index (χ2n) is 6.44. The van der Waals surface area contributed by atoms with Crippen LogP contribution in [0.2, 0.25) is 0 Å². The minimum Gasteiger partial charge on any atom is -0.350 e. The summed E-state index contributed by atoms with van der Waals surface area (Å²) in [5.41, 5.74) is 12.1. The van der Waals surface area contributed by atoms with Gasteiger partial charge in [-0.15, -0.1) is 0 Å². The van der Waals surface area contributed by atoms with E-state index in [1.165, 1.54) is 43.2 Å². The molecule has 2 aliphatic carbocycles. The van der Waals surface area contributed by atoms with Gasteiger partial charge in [0.15, 0.2) is 0 Å². The molecule has 104 valence electrons. The molecule has 1 fully saturated rings. The Morgan fingerprint density at radius 3 is 2.85 bits per heavy atom. The summed E-state index contributed by atoms with van der Waals surface area (Å²) in [4.78, 5) is 0. The lowest BCUT2D eigenvalue weighted by Crippen LogP contribution is -2.11. The molecular formula is C18H22N2. The van der Waals surface area contributed by atoms with Gasteiger partial charge in [0.1, 0.15) is 0 Å². The van der Waals surface area contributed by atoms with Gasteiger partial charge >= 0.3 is 0 Å². The molecule has 0 bridgehead atoms. The third-order valence-electron chi connectivity index (χ3n) is 4.82. The summed E-state index contributed by atoms with van der Waals surface area (Å²) in [6.07, 6.45) is 10.9. The zero-order valence-electron chi connectivity index (χ0n) is 11.9. The number of hydrogen-bond donors (Lipinski definition) is 1. The van der Waals surface area contributed by atoms with Crippen molar-refractivity contribution >= 4 is 0 Å². The molecule has 2 aromatic rings. The van der Waals surface area contributed by atoms with Gasteiger partial charge in [-0.25, -0.2) is 0 Å². The molecule has 0 radical (unpaired) electrons. The zero-order valence-corrected chi connectivity index (χ0v) is 11.9. The van der Waals surface area contributed by atoms with Crippen LogP contribution in [0.5, 0.6) is 0 Å². The maximum absolute atomic E-state index is 6.27. The normalized spacial score (nSPS) is 19.1. The smallest absolute Gasteiger partial charge is 0.0470 e. The number of nitrogens with two attached hydrogens (primary N) is 1. The van der Waals surface area contributed by atoms with Crippen LogP contribution >= 0.6 is 0 Å². The van der Waals surface area contributed by atoms with Gasteiger partial charge in [-0.3, -0.25) is 0 Å². The van der Waals surface area contributed by atoms with Crippen molar-refractivity contribution in [1.82, 2.24) is 4.57 Å². The summed E-state index contributed by atoms with van der Waals surface area (Å²) < 4.78 is 2.27. The maximum Gasteiger partial charge on any atom is 0.0470 e. The molecule has 2 N–H and O–H groups in total. The second kappa shape index (κ2) is 4.78. The molecule has 0 aliphatic heterocycles. The van der Waals surface area contributed by atoms with Gasteiger partial charge in [-0.2, -0.15) is 0 Å². The van der Waals surface area contributed by atoms with Crippen LogP contribution in [0.3, 0.4) is 0 Å². The van der Waals surface area contributed by atoms with Crippen molar-refractivity contribution in [2.24, 2.45) is 11.7 Å². The van der Waals surface area contributed by atoms with Gasteiger partial charge in [-0.05, 0) is 66.3 Å². The Bertz CT molecular complexity index is 622. The average molecular weight is 266 g/mol. The summed E-state index contributed by atoms with van der Waals surface area (Å²) in [7, 11) is 0. The molecule has 2 aliphatic rings. The van der Waals surface area contributed by atoms with Gasteiger partial charge in [-0.1, -0.05) is 18.2 Å². The number of aromatic nitrogens is 1. The third kappa shape index (κ3) is 2.29. The van der Waals surface area contributed by atoms with Crippen molar-refractivity contribution < 1.29 is 0 Å². The van der Waals surface area contributed by atoms with Crippen LogP contribution in [0.15, 0.2) is 36.7 Å². The van der Waals surface area contributed by atoms with Crippen molar-refractivity contribution in [1.29, 1.82) is 0 Å². The van der Waals surface area contributed by atoms with Crippen LogP contribution in [0.25, 0.3) is 0 Å². The maximum atomic E-state index is 6.27. The van der Waals surface area contributed by atoms with Crippen molar-refractivity contribution in [2.45, 2.75) is 44.7 Å². The van der Waals surface area contributed by atoms with Crippen LogP contribution in [0.4, 0.5) is 0 Å². The first kappa shape index (κ1) is 12.2. The molecule has 1 heterocycles. The van der Waals surface area contributed by atoms with Crippen LogP contribution < -0.4 is 5.73 Å². The summed E-state index contributed by atoms with van der Waals surface area (Å²) in [5.74, 6) is 0.728. The molecule has 4 rings (SSSR count). The molecule has 1 aromatic heterocycles. The predicted octanol–water partition coefficient (Wildman–Crippen LogP) is 3.43. The molecular weight excluding hydrogens is 244 g/mol. The van der Waals surface area contributed by atoms with Gasteiger partial charge in [0.25, 0.3) is 0 Å². The predicted molar refractivity (Wildman–Crippen MR) is 81.7 cm³/mol. The van der Waals surface area contributed by atoms with Gasteiger partial charge in [0.05, 0.1) is 0 Å². The third-order valence-corrected chi connectivity index (χ3v) is 4.82. The minimum atomic E-state index is 0.247. The first-order valence-corrected chi connectivity index (χ1v) is 7.81. The molecule has 0 spiro atoms. The molecule has 1 unspecified atom stereocenters. The number of fused-ring (bicyclic) bond motifs is 1. The Hall–Kier alpha value is -1.54. The van der Waals surface area contributed by atoms with E-state index in [1.807, 2.05) is 0 Å². The summed E-state index contributed by atoms with van der Waals surface area (Å²) in [6, 6.07) is 9.43. The van der Waals surface area contributed by atoms with Crippen molar-refractivity contribution in [2.75, 3.05) is 0 Å². The van der Waals surface area contributed by atoms with Crippen LogP contribution in [0, 0.1) is 5.92 Å². The van der Waals surface area contributed by atoms with E-state index >= 15 is 0 Å². The monoisotopic (exact) mass is 266 g/mol. The minimum absolute atomic E-state index is 0.247. The van der Waals surface area contributed by atoms with E-state index in [0.29, 0.717) is 0 Å². The Kier molecular flexibility index (Phi) is 2.92. The number of benzene rings is 1. The quantitative estimate of drug-likeness (QED) is 0.903. The Morgan fingerprint density at radius 1 is 1.15 bits per heavy atom. The Morgan fingerprint density at radius 2 is 2.00 bits per heavy atom. The fourth-order valence-electron chi connectivity index (χ4n) is 3.42. The van der Waals surface area contributed by atoms with Gasteiger partial charge in [0.2, 0.25) is 0 Å². The highest BCUT2D eigenvalue weighted by atomic mass is 14.9. The van der Waals surface area contributed by atoms with Crippen molar-refractivity contribution in [3.63, 3.8) is 0 Å². The van der Waals surface area contributed by atoms with Crippen molar-refractivity contribution in [3.8, 4) is 0 Å². The van der Waals surface area contributed by atoms with Crippen LogP contribution in [-0.2, 0) is 19.4 Å². The fraction of sp³-hybridized carbons (Fsp3) is 0.444. The highest BCUT2D eigenvalue weighted by Gasteiger charge is 2.29. The summed E-state index contributed by atoms with van der Waals surface area (Å²) >= 11 is 0. The number of rotatable bonds is 4. The first-order chi connectivity index (χ1) is 9.79. The van der Waals surface area contributed by atoms with Crippen LogP contribution in [-0.4, -0.2) is 4.57 Å². The summed E-state index contributed by atoms with van der Waals surface area (Å²) in [5, 5.41) is 0. The Labute approximate surface area is 120 Å². The largest absolute Gasteiger partial charge is 0.350 e. The number of nitrogens with zero attached hydrogens (tertiary/aromatic N) is 1. The van der Waals surface area contributed by atoms with Crippen molar-refractivity contribution in [3.05, 3.63) is 58.9 Å². The lowest BCUT2D eigenvalue weighted by Gasteiger charge is -2.08. The van der Waals surface area contributed by atoms with E-state index in [1.54, 1.807) is 11.1 Å². The molecule has 2 nitrogen and oxygen atoms in total. The summed E-state index contributed by atoms with van der Waals surface area (Å²) in [6.45, 7) is 0.963. The van der Waals surface area contributed by atoms with E-state index in [-0.39, 0.29) is 6.04 Å². The first-order valence-electron chi connectivity index (χ1n) is 7.81. The molecule has 1 atom stereocenters. The molecule has 0 saturated heterocycles. The molecule has 20 heavy (non-hydrogen) atoms. The number of aryl methyl sites for hydroxylation is 2. The van der Waals surface area contributed by atoms with Crippen LogP contribution in [0.1, 0.15) is 47.6 Å². The topological polar surface area (TPSA) is 30.9 Å². The second-order valence-corrected chi connectivity index (χ2v) is 6.44. The standard InChI is InChI=1S/C18H22N2/c19-18(15-6-7-15)17-8-9-20(12-17)11-13-4-5-14-2-1-3-16(14)10-13/h4-5,8-10,12,15,18H,1-3,6-7,11,19H2. The molecule has 2 heteroatoms. The highest BCUT2D eigenvalue weighted by molar-refractivity contribution is 5.35. The fourth-order valence-corrected chi connectivity index (χ4v) is 3.42. The molecule has 1 saturated carbocycles. The van der Waals surface area contributed by atoms with Gasteiger partial charge < -0.3 is 10.3 Å². The van der Waals surface area contributed by atoms with E-state index in [0.717, 1.165) is 12.5 Å². The lowest BCUT2D eigenvalue weighted by molar-refractivity contribution is 0.631. The lowest BCUT2D eigenvalue weighted by atomic mass is 10.1. The highest BCUT2D eigenvalue weighted by Crippen LogP contribution is 2.39. The van der Waals surface area contributed by atoms with E-state index in [9.17, 15) is 0 Å². The van der Waals surface area contributed by atoms with E-state index < -0.39 is 0 Å².